The third-order valence-electron chi connectivity index (χ3n) is 2.69. The third kappa shape index (κ3) is 2.61. The van der Waals surface area contributed by atoms with Gasteiger partial charge in [0.25, 0.3) is 0 Å². The van der Waals surface area contributed by atoms with E-state index in [0.717, 1.165) is 16.0 Å². The smallest absolute Gasteiger partial charge is 0.224 e. The summed E-state index contributed by atoms with van der Waals surface area (Å²) < 4.78 is 0.865. The normalized spacial score (nSPS) is 10.2. The van der Waals surface area contributed by atoms with E-state index in [2.05, 4.69) is 62.4 Å². The van der Waals surface area contributed by atoms with Gasteiger partial charge in [-0.15, -0.1) is 0 Å². The minimum Gasteiger partial charge on any atom is -0.357 e. The van der Waals surface area contributed by atoms with Crippen molar-refractivity contribution >= 4 is 33.4 Å². The Morgan fingerprint density at radius 2 is 1.89 bits per heavy atom. The SMILES string of the molecule is CNc1ncc(Br)c(N(C)c2ccc(C)cc2)n1. The highest BCUT2D eigenvalue weighted by molar-refractivity contribution is 9.10. The summed E-state index contributed by atoms with van der Waals surface area (Å²) in [4.78, 5) is 10.6. The van der Waals surface area contributed by atoms with Crippen LogP contribution in [0.3, 0.4) is 0 Å². The van der Waals surface area contributed by atoms with Crippen LogP contribution in [-0.4, -0.2) is 24.1 Å². The first-order chi connectivity index (χ1) is 8.61. The summed E-state index contributed by atoms with van der Waals surface area (Å²) in [5, 5.41) is 2.94. The van der Waals surface area contributed by atoms with E-state index in [0.29, 0.717) is 5.95 Å². The lowest BCUT2D eigenvalue weighted by Gasteiger charge is -2.20. The van der Waals surface area contributed by atoms with Crippen LogP contribution >= 0.6 is 15.9 Å². The molecule has 0 unspecified atom stereocenters. The standard InChI is InChI=1S/C13H15BrN4/c1-9-4-6-10(7-5-9)18(3)12-11(14)8-16-13(15-2)17-12/h4-8H,1-3H3,(H,15,16,17). The summed E-state index contributed by atoms with van der Waals surface area (Å²) in [6.45, 7) is 2.07. The third-order valence-corrected chi connectivity index (χ3v) is 3.25. The maximum Gasteiger partial charge on any atom is 0.224 e. The van der Waals surface area contributed by atoms with Crippen molar-refractivity contribution in [2.75, 3.05) is 24.3 Å². The van der Waals surface area contributed by atoms with Gasteiger partial charge in [-0.3, -0.25) is 0 Å². The van der Waals surface area contributed by atoms with Gasteiger partial charge in [0, 0.05) is 26.0 Å². The molecule has 1 heterocycles. The van der Waals surface area contributed by atoms with E-state index < -0.39 is 0 Å². The molecule has 0 aliphatic rings. The molecule has 0 aliphatic carbocycles. The Bertz CT molecular complexity index is 539. The zero-order chi connectivity index (χ0) is 13.1. The van der Waals surface area contributed by atoms with Gasteiger partial charge in [-0.25, -0.2) is 4.98 Å². The van der Waals surface area contributed by atoms with Crippen molar-refractivity contribution in [3.8, 4) is 0 Å². The van der Waals surface area contributed by atoms with Crippen molar-refractivity contribution in [3.63, 3.8) is 0 Å². The Morgan fingerprint density at radius 1 is 1.22 bits per heavy atom. The fourth-order valence-corrected chi connectivity index (χ4v) is 2.06. The molecule has 2 aromatic rings. The van der Waals surface area contributed by atoms with Crippen molar-refractivity contribution in [3.05, 3.63) is 40.5 Å². The molecular formula is C13H15BrN4. The van der Waals surface area contributed by atoms with Gasteiger partial charge in [-0.1, -0.05) is 17.7 Å². The average Bonchev–Trinajstić information content (AvgIpc) is 2.39. The van der Waals surface area contributed by atoms with Gasteiger partial charge in [0.2, 0.25) is 5.95 Å². The predicted molar refractivity (Wildman–Crippen MR) is 78.5 cm³/mol. The summed E-state index contributed by atoms with van der Waals surface area (Å²) in [5.41, 5.74) is 2.33. The lowest BCUT2D eigenvalue weighted by molar-refractivity contribution is 1.06. The number of anilines is 3. The van der Waals surface area contributed by atoms with E-state index in [9.17, 15) is 0 Å². The summed E-state index contributed by atoms with van der Waals surface area (Å²) in [5.74, 6) is 1.44. The topological polar surface area (TPSA) is 41.1 Å². The summed E-state index contributed by atoms with van der Waals surface area (Å²) in [7, 11) is 3.79. The molecule has 0 saturated heterocycles. The van der Waals surface area contributed by atoms with Gasteiger partial charge in [-0.2, -0.15) is 4.98 Å². The van der Waals surface area contributed by atoms with E-state index in [-0.39, 0.29) is 0 Å². The van der Waals surface area contributed by atoms with E-state index in [1.165, 1.54) is 5.56 Å². The van der Waals surface area contributed by atoms with Crippen LogP contribution in [0.15, 0.2) is 34.9 Å². The molecule has 1 aromatic carbocycles. The van der Waals surface area contributed by atoms with Crippen molar-refractivity contribution < 1.29 is 0 Å². The van der Waals surface area contributed by atoms with Crippen molar-refractivity contribution in [1.29, 1.82) is 0 Å². The zero-order valence-corrected chi connectivity index (χ0v) is 12.2. The molecule has 1 N–H and O–H groups in total. The second-order valence-corrected chi connectivity index (χ2v) is 4.86. The summed E-state index contributed by atoms with van der Waals surface area (Å²) in [6, 6.07) is 8.31. The number of benzene rings is 1. The maximum atomic E-state index is 4.45. The quantitative estimate of drug-likeness (QED) is 0.944. The Kier molecular flexibility index (Phi) is 3.81. The van der Waals surface area contributed by atoms with Crippen LogP contribution < -0.4 is 10.2 Å². The predicted octanol–water partition coefficient (Wildman–Crippen LogP) is 3.36. The molecule has 0 radical (unpaired) electrons. The van der Waals surface area contributed by atoms with Crippen molar-refractivity contribution in [1.82, 2.24) is 9.97 Å². The van der Waals surface area contributed by atoms with Gasteiger partial charge in [0.15, 0.2) is 5.82 Å². The number of aryl methyl sites for hydroxylation is 1. The van der Waals surface area contributed by atoms with Crippen LogP contribution in [0.1, 0.15) is 5.56 Å². The first-order valence-electron chi connectivity index (χ1n) is 5.62. The molecule has 0 bridgehead atoms. The van der Waals surface area contributed by atoms with Gasteiger partial charge < -0.3 is 10.2 Å². The number of rotatable bonds is 3. The summed E-state index contributed by atoms with van der Waals surface area (Å²) in [6.07, 6.45) is 1.75. The van der Waals surface area contributed by atoms with E-state index in [1.807, 2.05) is 11.9 Å². The first-order valence-corrected chi connectivity index (χ1v) is 6.42. The monoisotopic (exact) mass is 306 g/mol. The summed E-state index contributed by atoms with van der Waals surface area (Å²) >= 11 is 3.48. The van der Waals surface area contributed by atoms with Gasteiger partial charge in [-0.05, 0) is 35.0 Å². The fraction of sp³-hybridized carbons (Fsp3) is 0.231. The molecule has 0 amide bonds. The number of hydrogen-bond donors (Lipinski definition) is 1. The van der Waals surface area contributed by atoms with Crippen LogP contribution in [0, 0.1) is 6.92 Å². The number of nitrogens with zero attached hydrogens (tertiary/aromatic N) is 3. The maximum absolute atomic E-state index is 4.45. The minimum atomic E-state index is 0.604. The molecule has 0 fully saturated rings. The lowest BCUT2D eigenvalue weighted by Crippen LogP contribution is -2.13. The highest BCUT2D eigenvalue weighted by Crippen LogP contribution is 2.29. The van der Waals surface area contributed by atoms with Crippen molar-refractivity contribution in [2.45, 2.75) is 6.92 Å². The molecule has 18 heavy (non-hydrogen) atoms. The molecule has 0 atom stereocenters. The molecule has 0 saturated carbocycles. The van der Waals surface area contributed by atoms with Gasteiger partial charge >= 0.3 is 0 Å². The molecule has 94 valence electrons. The highest BCUT2D eigenvalue weighted by atomic mass is 79.9. The zero-order valence-electron chi connectivity index (χ0n) is 10.6. The molecular weight excluding hydrogens is 292 g/mol. The molecule has 5 heteroatoms. The fourth-order valence-electron chi connectivity index (χ4n) is 1.60. The van der Waals surface area contributed by atoms with Crippen LogP contribution in [0.5, 0.6) is 0 Å². The Labute approximate surface area is 115 Å². The lowest BCUT2D eigenvalue weighted by atomic mass is 10.2. The van der Waals surface area contributed by atoms with Crippen LogP contribution in [-0.2, 0) is 0 Å². The first kappa shape index (κ1) is 12.8. The molecule has 2 rings (SSSR count). The Morgan fingerprint density at radius 3 is 2.50 bits per heavy atom. The number of aromatic nitrogens is 2. The van der Waals surface area contributed by atoms with Crippen molar-refractivity contribution in [2.24, 2.45) is 0 Å². The number of hydrogen-bond acceptors (Lipinski definition) is 4. The largest absolute Gasteiger partial charge is 0.357 e. The Hall–Kier alpha value is -1.62. The molecule has 4 nitrogen and oxygen atoms in total. The second-order valence-electron chi connectivity index (χ2n) is 4.01. The molecule has 0 spiro atoms. The van der Waals surface area contributed by atoms with E-state index >= 15 is 0 Å². The van der Waals surface area contributed by atoms with Crippen LogP contribution in [0.2, 0.25) is 0 Å². The molecule has 1 aromatic heterocycles. The van der Waals surface area contributed by atoms with Gasteiger partial charge in [0.1, 0.15) is 0 Å². The number of nitrogens with one attached hydrogen (secondary N) is 1. The Balaban J connectivity index is 2.38. The molecule has 0 aliphatic heterocycles. The van der Waals surface area contributed by atoms with Gasteiger partial charge in [0.05, 0.1) is 4.47 Å². The number of halogens is 1. The van der Waals surface area contributed by atoms with Crippen LogP contribution in [0.4, 0.5) is 17.5 Å². The second kappa shape index (κ2) is 5.35. The highest BCUT2D eigenvalue weighted by Gasteiger charge is 2.11. The minimum absolute atomic E-state index is 0.604. The van der Waals surface area contributed by atoms with Crippen LogP contribution in [0.25, 0.3) is 0 Å². The average molecular weight is 307 g/mol. The van der Waals surface area contributed by atoms with E-state index in [4.69, 9.17) is 0 Å². The van der Waals surface area contributed by atoms with E-state index in [1.54, 1.807) is 13.2 Å².